The molecule has 0 unspecified atom stereocenters. The van der Waals surface area contributed by atoms with Crippen LogP contribution in [0, 0.1) is 7.14 Å². The van der Waals surface area contributed by atoms with Crippen molar-refractivity contribution in [2.75, 3.05) is 0 Å². The van der Waals surface area contributed by atoms with Gasteiger partial charge in [-0.3, -0.25) is 0 Å². The zero-order valence-electron chi connectivity index (χ0n) is 9.13. The molecule has 0 aliphatic heterocycles. The third kappa shape index (κ3) is 4.05. The first-order chi connectivity index (χ1) is 8.56. The summed E-state index contributed by atoms with van der Waals surface area (Å²) in [5.74, 6) is 0. The number of rotatable bonds is 2. The molecule has 0 N–H and O–H groups in total. The average molecular weight is 590 g/mol. The molecule has 0 heterocycles. The Morgan fingerprint density at radius 3 is 1.50 bits per heavy atom. The van der Waals surface area contributed by atoms with Crippen molar-refractivity contribution >= 4 is 89.2 Å². The van der Waals surface area contributed by atoms with Crippen LogP contribution in [-0.4, -0.2) is 0 Å². The highest BCUT2D eigenvalue weighted by Crippen LogP contribution is 2.23. The molecule has 0 nitrogen and oxygen atoms in total. The van der Waals surface area contributed by atoms with E-state index >= 15 is 0 Å². The lowest BCUT2D eigenvalue weighted by Gasteiger charge is -2.02. The number of hydrogen-bond donors (Lipinski definition) is 0. The maximum atomic E-state index is 3.50. The molecule has 0 aliphatic rings. The predicted molar refractivity (Wildman–Crippen MR) is 103 cm³/mol. The summed E-state index contributed by atoms with van der Waals surface area (Å²) < 4.78 is 4.70. The normalized spacial score (nSPS) is 11.1. The van der Waals surface area contributed by atoms with E-state index in [1.807, 2.05) is 0 Å². The Balaban J connectivity index is 2.35. The lowest BCUT2D eigenvalue weighted by Crippen LogP contribution is -1.82. The van der Waals surface area contributed by atoms with E-state index < -0.39 is 0 Å². The van der Waals surface area contributed by atoms with Crippen molar-refractivity contribution in [2.45, 2.75) is 0 Å². The second kappa shape index (κ2) is 6.85. The summed E-state index contributed by atoms with van der Waals surface area (Å²) >= 11 is 11.7. The molecule has 0 bridgehead atoms. The van der Waals surface area contributed by atoms with E-state index in [1.54, 1.807) is 0 Å². The molecule has 0 fully saturated rings. The minimum Gasteiger partial charge on any atom is -0.0532 e. The lowest BCUT2D eigenvalue weighted by atomic mass is 10.1. The molecule has 0 saturated heterocycles. The van der Waals surface area contributed by atoms with Gasteiger partial charge in [0.15, 0.2) is 0 Å². The van der Waals surface area contributed by atoms with Gasteiger partial charge in [-0.2, -0.15) is 0 Å². The predicted octanol–water partition coefficient (Wildman–Crippen LogP) is 6.59. The van der Waals surface area contributed by atoms with Gasteiger partial charge in [-0.1, -0.05) is 44.0 Å². The van der Waals surface area contributed by atoms with Gasteiger partial charge in [0.1, 0.15) is 0 Å². The first kappa shape index (κ1) is 15.0. The number of halogens is 4. The van der Waals surface area contributed by atoms with Crippen LogP contribution in [0.15, 0.2) is 45.3 Å². The number of benzene rings is 2. The van der Waals surface area contributed by atoms with Crippen LogP contribution < -0.4 is 0 Å². The summed E-state index contributed by atoms with van der Waals surface area (Å²) in [5.41, 5.74) is 2.45. The van der Waals surface area contributed by atoms with Gasteiger partial charge in [-0.05, 0) is 92.7 Å². The lowest BCUT2D eigenvalue weighted by molar-refractivity contribution is 1.54. The molecule has 0 radical (unpaired) electrons. The van der Waals surface area contributed by atoms with E-state index in [1.165, 1.54) is 18.3 Å². The molecule has 2 aromatic carbocycles. The summed E-state index contributed by atoms with van der Waals surface area (Å²) in [5, 5.41) is 0. The van der Waals surface area contributed by atoms with Gasteiger partial charge in [0.05, 0.1) is 0 Å². The summed E-state index contributed by atoms with van der Waals surface area (Å²) in [6.07, 6.45) is 4.30. The van der Waals surface area contributed by atoms with Crippen molar-refractivity contribution in [3.63, 3.8) is 0 Å². The van der Waals surface area contributed by atoms with Gasteiger partial charge in [-0.25, -0.2) is 0 Å². The third-order valence-corrected chi connectivity index (χ3v) is 5.31. The Hall–Kier alpha value is 0.600. The van der Waals surface area contributed by atoms with Crippen molar-refractivity contribution in [2.24, 2.45) is 0 Å². The minimum absolute atomic E-state index is 1.10. The van der Waals surface area contributed by atoms with Crippen molar-refractivity contribution in [3.8, 4) is 0 Å². The zero-order valence-corrected chi connectivity index (χ0v) is 16.6. The zero-order chi connectivity index (χ0) is 13.1. The SMILES string of the molecule is Brc1ccc(I)c(C=Cc2cc(Br)ccc2I)c1. The molecule has 0 aromatic heterocycles. The highest BCUT2D eigenvalue weighted by Gasteiger charge is 1.99. The Kier molecular flexibility index (Phi) is 5.71. The van der Waals surface area contributed by atoms with E-state index in [0.29, 0.717) is 0 Å². The summed E-state index contributed by atoms with van der Waals surface area (Å²) in [6.45, 7) is 0. The molecule has 0 aliphatic carbocycles. The van der Waals surface area contributed by atoms with Gasteiger partial charge in [0, 0.05) is 16.1 Å². The van der Waals surface area contributed by atoms with Crippen LogP contribution in [-0.2, 0) is 0 Å². The van der Waals surface area contributed by atoms with Gasteiger partial charge in [0.25, 0.3) is 0 Å². The summed E-state index contributed by atoms with van der Waals surface area (Å²) in [7, 11) is 0. The Morgan fingerprint density at radius 1 is 0.722 bits per heavy atom. The van der Waals surface area contributed by atoms with Crippen LogP contribution in [0.1, 0.15) is 11.1 Å². The molecule has 2 rings (SSSR count). The Bertz CT molecular complexity index is 553. The van der Waals surface area contributed by atoms with E-state index in [2.05, 4.69) is 126 Å². The van der Waals surface area contributed by atoms with Gasteiger partial charge < -0.3 is 0 Å². The van der Waals surface area contributed by atoms with Crippen LogP contribution in [0.2, 0.25) is 0 Å². The molecular weight excluding hydrogens is 582 g/mol. The maximum Gasteiger partial charge on any atom is 0.0203 e. The Morgan fingerprint density at radius 2 is 1.11 bits per heavy atom. The fourth-order valence-electron chi connectivity index (χ4n) is 1.46. The first-order valence-electron chi connectivity index (χ1n) is 5.14. The number of hydrogen-bond acceptors (Lipinski definition) is 0. The molecule has 92 valence electrons. The summed E-state index contributed by atoms with van der Waals surface area (Å²) in [4.78, 5) is 0. The molecular formula is C14H8Br2I2. The van der Waals surface area contributed by atoms with Crippen LogP contribution in [0.5, 0.6) is 0 Å². The fraction of sp³-hybridized carbons (Fsp3) is 0. The maximum absolute atomic E-state index is 3.50. The van der Waals surface area contributed by atoms with Crippen molar-refractivity contribution in [3.05, 3.63) is 63.6 Å². The van der Waals surface area contributed by atoms with Crippen LogP contribution in [0.3, 0.4) is 0 Å². The topological polar surface area (TPSA) is 0 Å². The molecule has 18 heavy (non-hydrogen) atoms. The molecule has 0 atom stereocenters. The van der Waals surface area contributed by atoms with Crippen LogP contribution in [0.4, 0.5) is 0 Å². The fourth-order valence-corrected chi connectivity index (χ4v) is 3.25. The molecule has 0 amide bonds. The highest BCUT2D eigenvalue weighted by molar-refractivity contribution is 14.1. The second-order valence-corrected chi connectivity index (χ2v) is 7.82. The van der Waals surface area contributed by atoms with Crippen LogP contribution in [0.25, 0.3) is 12.2 Å². The molecule has 0 spiro atoms. The van der Waals surface area contributed by atoms with Gasteiger partial charge in [-0.15, -0.1) is 0 Å². The molecule has 2 aromatic rings. The van der Waals surface area contributed by atoms with E-state index in [4.69, 9.17) is 0 Å². The molecule has 0 saturated carbocycles. The Labute approximate surface area is 151 Å². The second-order valence-electron chi connectivity index (χ2n) is 3.67. The summed E-state index contributed by atoms with van der Waals surface area (Å²) in [6, 6.07) is 12.6. The van der Waals surface area contributed by atoms with E-state index in [-0.39, 0.29) is 0 Å². The van der Waals surface area contributed by atoms with Crippen molar-refractivity contribution < 1.29 is 0 Å². The van der Waals surface area contributed by atoms with E-state index in [9.17, 15) is 0 Å². The van der Waals surface area contributed by atoms with Crippen molar-refractivity contribution in [1.82, 2.24) is 0 Å². The largest absolute Gasteiger partial charge is 0.0532 e. The molecule has 4 heteroatoms. The quantitative estimate of drug-likeness (QED) is 0.274. The average Bonchev–Trinajstić information content (AvgIpc) is 2.34. The minimum atomic E-state index is 1.10. The van der Waals surface area contributed by atoms with E-state index in [0.717, 1.165) is 8.95 Å². The van der Waals surface area contributed by atoms with Crippen molar-refractivity contribution in [1.29, 1.82) is 0 Å². The van der Waals surface area contributed by atoms with Crippen LogP contribution >= 0.6 is 77.0 Å². The van der Waals surface area contributed by atoms with Gasteiger partial charge >= 0.3 is 0 Å². The first-order valence-corrected chi connectivity index (χ1v) is 8.89. The monoisotopic (exact) mass is 588 g/mol. The smallest absolute Gasteiger partial charge is 0.0203 e. The third-order valence-electron chi connectivity index (χ3n) is 2.36. The highest BCUT2D eigenvalue weighted by atomic mass is 127. The van der Waals surface area contributed by atoms with Gasteiger partial charge in [0.2, 0.25) is 0 Å². The standard InChI is InChI=1S/C14H8Br2I2/c15-11-3-5-13(17)9(7-11)1-2-10-8-12(16)4-6-14(10)18/h1-8H.